The number of hydrogen-bond acceptors (Lipinski definition) is 4. The van der Waals surface area contributed by atoms with Crippen LogP contribution in [0, 0.1) is 0 Å². The molecule has 1 aromatic carbocycles. The van der Waals surface area contributed by atoms with Crippen molar-refractivity contribution in [1.82, 2.24) is 13.9 Å². The fourth-order valence-corrected chi connectivity index (χ4v) is 4.45. The van der Waals surface area contributed by atoms with Crippen molar-refractivity contribution in [2.45, 2.75) is 18.7 Å². The van der Waals surface area contributed by atoms with Gasteiger partial charge in [0, 0.05) is 19.2 Å². The first-order valence-corrected chi connectivity index (χ1v) is 9.59. The lowest BCUT2D eigenvalue weighted by Gasteiger charge is -2.27. The minimum atomic E-state index is -3.55. The Morgan fingerprint density at radius 2 is 2.00 bits per heavy atom. The van der Waals surface area contributed by atoms with E-state index in [1.165, 1.54) is 15.2 Å². The van der Waals surface area contributed by atoms with Crippen LogP contribution in [0.25, 0.3) is 0 Å². The highest BCUT2D eigenvalue weighted by molar-refractivity contribution is 7.88. The Balaban J connectivity index is 1.84. The topological polar surface area (TPSA) is 72.3 Å². The number of aryl methyl sites for hydroxylation is 1. The highest BCUT2D eigenvalue weighted by Gasteiger charge is 2.29. The van der Waals surface area contributed by atoms with Crippen molar-refractivity contribution in [2.24, 2.45) is 7.05 Å². The highest BCUT2D eigenvalue weighted by Crippen LogP contribution is 2.25. The lowest BCUT2D eigenvalue weighted by molar-refractivity contribution is 0.381. The second kappa shape index (κ2) is 6.48. The van der Waals surface area contributed by atoms with Crippen LogP contribution in [-0.4, -0.2) is 28.8 Å². The molecule has 1 aliphatic heterocycles. The standard InChI is InChI=1S/C15H15Cl2N3O3S/c1-19-9-18-14-7-20(5-4-11(14)15(19)21)24(22,23)8-10-2-3-12(16)13(17)6-10/h2-3,6,9H,4-5,7-8H2,1H3. The number of halogens is 2. The fraction of sp³-hybridized carbons (Fsp3) is 0.333. The van der Waals surface area contributed by atoms with Gasteiger partial charge in [0.1, 0.15) is 0 Å². The summed E-state index contributed by atoms with van der Waals surface area (Å²) in [5.74, 6) is -0.177. The molecular formula is C15H15Cl2N3O3S. The number of rotatable bonds is 3. The van der Waals surface area contributed by atoms with Gasteiger partial charge in [-0.2, -0.15) is 4.31 Å². The van der Waals surface area contributed by atoms with E-state index in [0.29, 0.717) is 33.3 Å². The molecule has 0 saturated carbocycles. The van der Waals surface area contributed by atoms with Crippen molar-refractivity contribution in [1.29, 1.82) is 0 Å². The smallest absolute Gasteiger partial charge is 0.256 e. The Kier molecular flexibility index (Phi) is 4.70. The van der Waals surface area contributed by atoms with Gasteiger partial charge in [0.2, 0.25) is 10.0 Å². The monoisotopic (exact) mass is 387 g/mol. The van der Waals surface area contributed by atoms with Crippen LogP contribution in [0.3, 0.4) is 0 Å². The van der Waals surface area contributed by atoms with E-state index in [4.69, 9.17) is 23.2 Å². The van der Waals surface area contributed by atoms with Gasteiger partial charge in [0.15, 0.2) is 0 Å². The summed E-state index contributed by atoms with van der Waals surface area (Å²) >= 11 is 11.8. The molecule has 0 spiro atoms. The first-order valence-electron chi connectivity index (χ1n) is 7.23. The Morgan fingerprint density at radius 1 is 1.25 bits per heavy atom. The maximum atomic E-state index is 12.7. The van der Waals surface area contributed by atoms with Gasteiger partial charge in [-0.3, -0.25) is 4.79 Å². The SMILES string of the molecule is Cn1cnc2c(c1=O)CCN(S(=O)(=O)Cc1ccc(Cl)c(Cl)c1)C2. The molecule has 24 heavy (non-hydrogen) atoms. The van der Waals surface area contributed by atoms with Gasteiger partial charge >= 0.3 is 0 Å². The lowest BCUT2D eigenvalue weighted by Crippen LogP contribution is -2.40. The number of fused-ring (bicyclic) bond motifs is 1. The van der Waals surface area contributed by atoms with Crippen molar-refractivity contribution in [3.63, 3.8) is 0 Å². The van der Waals surface area contributed by atoms with Crippen LogP contribution in [0.4, 0.5) is 0 Å². The van der Waals surface area contributed by atoms with Crippen molar-refractivity contribution in [3.05, 3.63) is 61.7 Å². The minimum Gasteiger partial charge on any atom is -0.302 e. The molecule has 0 aliphatic carbocycles. The molecule has 6 nitrogen and oxygen atoms in total. The van der Waals surface area contributed by atoms with Gasteiger partial charge in [-0.05, 0) is 24.1 Å². The Morgan fingerprint density at radius 3 is 2.71 bits per heavy atom. The Labute approximate surface area is 149 Å². The predicted octanol–water partition coefficient (Wildman–Crippen LogP) is 1.98. The van der Waals surface area contributed by atoms with E-state index >= 15 is 0 Å². The zero-order chi connectivity index (χ0) is 17.5. The number of sulfonamides is 1. The largest absolute Gasteiger partial charge is 0.302 e. The number of nitrogens with zero attached hydrogens (tertiary/aromatic N) is 3. The van der Waals surface area contributed by atoms with E-state index in [1.807, 2.05) is 0 Å². The molecule has 0 fully saturated rings. The second-order valence-corrected chi connectivity index (χ2v) is 8.46. The summed E-state index contributed by atoms with van der Waals surface area (Å²) in [6.45, 7) is 0.368. The quantitative estimate of drug-likeness (QED) is 0.806. The van der Waals surface area contributed by atoms with E-state index < -0.39 is 10.0 Å². The minimum absolute atomic E-state index is 0.106. The van der Waals surface area contributed by atoms with E-state index in [0.717, 1.165) is 0 Å². The van der Waals surface area contributed by atoms with E-state index in [1.54, 1.807) is 25.2 Å². The molecule has 0 radical (unpaired) electrons. The van der Waals surface area contributed by atoms with Crippen LogP contribution < -0.4 is 5.56 Å². The zero-order valence-corrected chi connectivity index (χ0v) is 15.2. The third-order valence-electron chi connectivity index (χ3n) is 3.98. The molecule has 0 saturated heterocycles. The first-order chi connectivity index (χ1) is 11.3. The van der Waals surface area contributed by atoms with Gasteiger partial charge in [0.05, 0.1) is 34.4 Å². The number of aromatic nitrogens is 2. The number of benzene rings is 1. The Bertz CT molecular complexity index is 957. The molecule has 0 unspecified atom stereocenters. The van der Waals surface area contributed by atoms with Crippen molar-refractivity contribution < 1.29 is 8.42 Å². The molecule has 3 rings (SSSR count). The Hall–Kier alpha value is -1.41. The van der Waals surface area contributed by atoms with E-state index in [-0.39, 0.29) is 24.4 Å². The molecule has 0 atom stereocenters. The molecular weight excluding hydrogens is 373 g/mol. The van der Waals surface area contributed by atoms with Crippen molar-refractivity contribution in [2.75, 3.05) is 6.54 Å². The fourth-order valence-electron chi connectivity index (χ4n) is 2.66. The summed E-state index contributed by atoms with van der Waals surface area (Å²) in [6.07, 6.45) is 1.77. The average Bonchev–Trinajstić information content (AvgIpc) is 2.54. The van der Waals surface area contributed by atoms with Gasteiger partial charge < -0.3 is 4.57 Å². The molecule has 1 aliphatic rings. The van der Waals surface area contributed by atoms with Crippen molar-refractivity contribution >= 4 is 33.2 Å². The molecule has 2 heterocycles. The molecule has 128 valence electrons. The summed E-state index contributed by atoms with van der Waals surface area (Å²) in [6, 6.07) is 4.76. The maximum absolute atomic E-state index is 12.7. The molecule has 0 bridgehead atoms. The third kappa shape index (κ3) is 3.35. The summed E-state index contributed by atoms with van der Waals surface area (Å²) in [4.78, 5) is 16.3. The van der Waals surface area contributed by atoms with Crippen LogP contribution in [0.15, 0.2) is 29.3 Å². The molecule has 9 heteroatoms. The van der Waals surface area contributed by atoms with Crippen molar-refractivity contribution in [3.8, 4) is 0 Å². The lowest BCUT2D eigenvalue weighted by atomic mass is 10.1. The van der Waals surface area contributed by atoms with Crippen LogP contribution in [0.5, 0.6) is 0 Å². The van der Waals surface area contributed by atoms with Crippen LogP contribution >= 0.6 is 23.2 Å². The molecule has 0 amide bonds. The summed E-state index contributed by atoms with van der Waals surface area (Å²) in [7, 11) is -1.92. The normalized spacial score (nSPS) is 15.3. The van der Waals surface area contributed by atoms with Gasteiger partial charge in [-0.1, -0.05) is 29.3 Å². The maximum Gasteiger partial charge on any atom is 0.256 e. The zero-order valence-electron chi connectivity index (χ0n) is 12.9. The van der Waals surface area contributed by atoms with Gasteiger partial charge in [-0.15, -0.1) is 0 Å². The van der Waals surface area contributed by atoms with Gasteiger partial charge in [0.25, 0.3) is 5.56 Å². The highest BCUT2D eigenvalue weighted by atomic mass is 35.5. The van der Waals surface area contributed by atoms with E-state index in [2.05, 4.69) is 4.98 Å². The summed E-state index contributed by atoms with van der Waals surface area (Å²) < 4.78 is 28.1. The van der Waals surface area contributed by atoms with Crippen LogP contribution in [-0.2, 0) is 35.8 Å². The number of hydrogen-bond donors (Lipinski definition) is 0. The molecule has 2 aromatic rings. The summed E-state index contributed by atoms with van der Waals surface area (Å²) in [5.41, 5.74) is 1.54. The average molecular weight is 388 g/mol. The molecule has 0 N–H and O–H groups in total. The molecule has 1 aromatic heterocycles. The third-order valence-corrected chi connectivity index (χ3v) is 6.51. The van der Waals surface area contributed by atoms with E-state index in [9.17, 15) is 13.2 Å². The summed E-state index contributed by atoms with van der Waals surface area (Å²) in [5, 5.41) is 0.697. The second-order valence-electron chi connectivity index (χ2n) is 5.67. The first kappa shape index (κ1) is 17.4. The van der Waals surface area contributed by atoms with Crippen LogP contribution in [0.2, 0.25) is 10.0 Å². The van der Waals surface area contributed by atoms with Crippen LogP contribution in [0.1, 0.15) is 16.8 Å². The van der Waals surface area contributed by atoms with Gasteiger partial charge in [-0.25, -0.2) is 13.4 Å². The predicted molar refractivity (Wildman–Crippen MR) is 92.7 cm³/mol.